The highest BCUT2D eigenvalue weighted by molar-refractivity contribution is 5.48. The van der Waals surface area contributed by atoms with Crippen molar-refractivity contribution in [1.29, 1.82) is 0 Å². The molecule has 4 heteroatoms. The molecule has 2 rings (SSSR count). The first-order valence-electron chi connectivity index (χ1n) is 5.46. The van der Waals surface area contributed by atoms with E-state index in [1.165, 1.54) is 11.3 Å². The summed E-state index contributed by atoms with van der Waals surface area (Å²) in [6.45, 7) is 4.02. The largest absolute Gasteiger partial charge is 0.385 e. The second-order valence-corrected chi connectivity index (χ2v) is 3.77. The molecule has 1 N–H and O–H groups in total. The van der Waals surface area contributed by atoms with E-state index in [2.05, 4.69) is 26.8 Å². The second kappa shape index (κ2) is 5.30. The predicted octanol–water partition coefficient (Wildman–Crippen LogP) is 2.09. The number of anilines is 1. The summed E-state index contributed by atoms with van der Waals surface area (Å²) in [6.07, 6.45) is 10.4. The summed E-state index contributed by atoms with van der Waals surface area (Å²) in [5.41, 5.74) is 2.35. The molecule has 2 heterocycles. The van der Waals surface area contributed by atoms with Gasteiger partial charge in [0.15, 0.2) is 0 Å². The molecule has 2 aromatic rings. The summed E-state index contributed by atoms with van der Waals surface area (Å²) < 4.78 is 2.08. The Bertz CT molecular complexity index is 422. The van der Waals surface area contributed by atoms with E-state index in [0.717, 1.165) is 19.5 Å². The number of nitrogens with zero attached hydrogens (tertiary/aromatic N) is 3. The van der Waals surface area contributed by atoms with Crippen LogP contribution in [0.4, 0.5) is 5.69 Å². The third-order valence-electron chi connectivity index (χ3n) is 2.49. The van der Waals surface area contributed by atoms with Gasteiger partial charge in [-0.1, -0.05) is 0 Å². The Morgan fingerprint density at radius 1 is 1.31 bits per heavy atom. The summed E-state index contributed by atoms with van der Waals surface area (Å²) in [5, 5.41) is 3.40. The van der Waals surface area contributed by atoms with Crippen LogP contribution in [0.5, 0.6) is 0 Å². The van der Waals surface area contributed by atoms with Crippen molar-refractivity contribution in [2.24, 2.45) is 0 Å². The van der Waals surface area contributed by atoms with Gasteiger partial charge in [-0.25, -0.2) is 4.98 Å². The molecule has 0 radical (unpaired) electrons. The van der Waals surface area contributed by atoms with Crippen LogP contribution in [0.1, 0.15) is 12.0 Å². The SMILES string of the molecule is Cc1cnccc1NCCCn1ccnc1. The van der Waals surface area contributed by atoms with Crippen LogP contribution in [-0.4, -0.2) is 21.1 Å². The van der Waals surface area contributed by atoms with Crippen LogP contribution in [-0.2, 0) is 6.54 Å². The average Bonchev–Trinajstić information content (AvgIpc) is 2.79. The molecule has 0 aliphatic carbocycles. The molecule has 0 atom stereocenters. The topological polar surface area (TPSA) is 42.7 Å². The van der Waals surface area contributed by atoms with Crippen LogP contribution in [0.15, 0.2) is 37.2 Å². The highest BCUT2D eigenvalue weighted by Gasteiger charge is 1.96. The number of nitrogens with one attached hydrogen (secondary N) is 1. The molecule has 0 aromatic carbocycles. The van der Waals surface area contributed by atoms with Crippen molar-refractivity contribution >= 4 is 5.69 Å². The molecule has 0 aliphatic rings. The summed E-state index contributed by atoms with van der Waals surface area (Å²) in [7, 11) is 0. The van der Waals surface area contributed by atoms with Crippen molar-refractivity contribution in [2.75, 3.05) is 11.9 Å². The molecule has 0 saturated carbocycles. The van der Waals surface area contributed by atoms with Gasteiger partial charge in [-0.05, 0) is 25.0 Å². The van der Waals surface area contributed by atoms with Crippen molar-refractivity contribution < 1.29 is 0 Å². The van der Waals surface area contributed by atoms with Gasteiger partial charge in [-0.2, -0.15) is 0 Å². The minimum absolute atomic E-state index is 0.961. The minimum Gasteiger partial charge on any atom is -0.385 e. The van der Waals surface area contributed by atoms with Gasteiger partial charge in [0.05, 0.1) is 6.33 Å². The van der Waals surface area contributed by atoms with Crippen LogP contribution >= 0.6 is 0 Å². The number of pyridine rings is 1. The maximum Gasteiger partial charge on any atom is 0.0945 e. The van der Waals surface area contributed by atoms with Crippen LogP contribution in [0, 0.1) is 6.92 Å². The fourth-order valence-electron chi connectivity index (χ4n) is 1.58. The molecule has 0 bridgehead atoms. The third-order valence-corrected chi connectivity index (χ3v) is 2.49. The Kier molecular flexibility index (Phi) is 3.53. The molecule has 84 valence electrons. The fraction of sp³-hybridized carbons (Fsp3) is 0.333. The van der Waals surface area contributed by atoms with Crippen LogP contribution < -0.4 is 5.32 Å². The van der Waals surface area contributed by atoms with Crippen LogP contribution in [0.3, 0.4) is 0 Å². The van der Waals surface area contributed by atoms with E-state index in [0.29, 0.717) is 0 Å². The smallest absolute Gasteiger partial charge is 0.0945 e. The zero-order valence-corrected chi connectivity index (χ0v) is 9.43. The first kappa shape index (κ1) is 10.7. The van der Waals surface area contributed by atoms with Crippen LogP contribution in [0.2, 0.25) is 0 Å². The maximum atomic E-state index is 4.06. The van der Waals surface area contributed by atoms with Crippen molar-refractivity contribution in [1.82, 2.24) is 14.5 Å². The van der Waals surface area contributed by atoms with Gasteiger partial charge in [-0.15, -0.1) is 0 Å². The van der Waals surface area contributed by atoms with Gasteiger partial charge >= 0.3 is 0 Å². The minimum atomic E-state index is 0.961. The fourth-order valence-corrected chi connectivity index (χ4v) is 1.58. The Hall–Kier alpha value is -1.84. The lowest BCUT2D eigenvalue weighted by atomic mass is 10.2. The molecule has 0 fully saturated rings. The zero-order valence-electron chi connectivity index (χ0n) is 9.43. The first-order chi connectivity index (χ1) is 7.86. The van der Waals surface area contributed by atoms with Crippen molar-refractivity contribution in [2.45, 2.75) is 19.9 Å². The molecular weight excluding hydrogens is 200 g/mol. The van der Waals surface area contributed by atoms with E-state index in [-0.39, 0.29) is 0 Å². The number of aryl methyl sites for hydroxylation is 2. The van der Waals surface area contributed by atoms with Crippen molar-refractivity contribution in [3.63, 3.8) is 0 Å². The molecule has 0 aliphatic heterocycles. The third kappa shape index (κ3) is 2.82. The molecule has 0 spiro atoms. The monoisotopic (exact) mass is 216 g/mol. The lowest BCUT2D eigenvalue weighted by Crippen LogP contribution is -2.06. The molecule has 4 nitrogen and oxygen atoms in total. The molecular formula is C12H16N4. The Balaban J connectivity index is 1.74. The van der Waals surface area contributed by atoms with E-state index in [4.69, 9.17) is 0 Å². The maximum absolute atomic E-state index is 4.06. The van der Waals surface area contributed by atoms with Gasteiger partial charge in [0.25, 0.3) is 0 Å². The van der Waals surface area contributed by atoms with Gasteiger partial charge in [-0.3, -0.25) is 4.98 Å². The van der Waals surface area contributed by atoms with E-state index in [1.54, 1.807) is 6.20 Å². The summed E-state index contributed by atoms with van der Waals surface area (Å²) in [5.74, 6) is 0. The zero-order chi connectivity index (χ0) is 11.2. The first-order valence-corrected chi connectivity index (χ1v) is 5.46. The van der Waals surface area contributed by atoms with E-state index < -0.39 is 0 Å². The summed E-state index contributed by atoms with van der Waals surface area (Å²) in [4.78, 5) is 8.07. The number of imidazole rings is 1. The Morgan fingerprint density at radius 3 is 3.00 bits per heavy atom. The van der Waals surface area contributed by atoms with Gasteiger partial charge < -0.3 is 9.88 Å². The lowest BCUT2D eigenvalue weighted by Gasteiger charge is -2.08. The Morgan fingerprint density at radius 2 is 2.25 bits per heavy atom. The lowest BCUT2D eigenvalue weighted by molar-refractivity contribution is 0.660. The second-order valence-electron chi connectivity index (χ2n) is 3.77. The quantitative estimate of drug-likeness (QED) is 0.778. The normalized spacial score (nSPS) is 10.3. The van der Waals surface area contributed by atoms with E-state index >= 15 is 0 Å². The Labute approximate surface area is 95.4 Å². The van der Waals surface area contributed by atoms with Gasteiger partial charge in [0, 0.05) is 43.6 Å². The molecule has 0 amide bonds. The average molecular weight is 216 g/mol. The standard InChI is InChI=1S/C12H16N4/c1-11-9-13-5-3-12(11)15-4-2-7-16-8-6-14-10-16/h3,5-6,8-10H,2,4,7H2,1H3,(H,13,15). The number of hydrogen-bond donors (Lipinski definition) is 1. The number of hydrogen-bond acceptors (Lipinski definition) is 3. The molecule has 2 aromatic heterocycles. The highest BCUT2D eigenvalue weighted by Crippen LogP contribution is 2.11. The van der Waals surface area contributed by atoms with Crippen LogP contribution in [0.25, 0.3) is 0 Å². The number of aromatic nitrogens is 3. The highest BCUT2D eigenvalue weighted by atomic mass is 15.0. The van der Waals surface area contributed by atoms with Crippen molar-refractivity contribution in [3.05, 3.63) is 42.7 Å². The van der Waals surface area contributed by atoms with Gasteiger partial charge in [0.2, 0.25) is 0 Å². The van der Waals surface area contributed by atoms with Gasteiger partial charge in [0.1, 0.15) is 0 Å². The molecule has 0 unspecified atom stereocenters. The van der Waals surface area contributed by atoms with E-state index in [1.807, 2.05) is 31.0 Å². The summed E-state index contributed by atoms with van der Waals surface area (Å²) >= 11 is 0. The molecule has 0 saturated heterocycles. The molecule has 16 heavy (non-hydrogen) atoms. The van der Waals surface area contributed by atoms with Crippen molar-refractivity contribution in [3.8, 4) is 0 Å². The number of rotatable bonds is 5. The van der Waals surface area contributed by atoms with E-state index in [9.17, 15) is 0 Å². The predicted molar refractivity (Wildman–Crippen MR) is 64.3 cm³/mol. The summed E-state index contributed by atoms with van der Waals surface area (Å²) in [6, 6.07) is 2.01.